The molecule has 1 aromatic heterocycles. The van der Waals surface area contributed by atoms with Crippen LogP contribution in [0.1, 0.15) is 6.42 Å². The molecule has 0 radical (unpaired) electrons. The normalized spacial score (nSPS) is 12.9. The van der Waals surface area contributed by atoms with E-state index < -0.39 is 4.92 Å². The van der Waals surface area contributed by atoms with Crippen molar-refractivity contribution in [2.45, 2.75) is 13.0 Å². The van der Waals surface area contributed by atoms with E-state index in [-0.39, 0.29) is 6.79 Å². The van der Waals surface area contributed by atoms with Gasteiger partial charge in [0.15, 0.2) is 17.3 Å². The second-order valence-electron chi connectivity index (χ2n) is 5.10. The van der Waals surface area contributed by atoms with Gasteiger partial charge in [0, 0.05) is 37.2 Å². The first-order chi connectivity index (χ1) is 11.7. The number of benzene rings is 1. The minimum absolute atomic E-state index is 0.183. The van der Waals surface area contributed by atoms with E-state index in [0.717, 1.165) is 19.2 Å². The highest BCUT2D eigenvalue weighted by Gasteiger charge is 2.14. The van der Waals surface area contributed by atoms with Gasteiger partial charge in [0.05, 0.1) is 11.3 Å². The molecule has 9 heteroatoms. The number of rotatable bonds is 8. The van der Waals surface area contributed by atoms with Crippen LogP contribution in [-0.2, 0) is 6.54 Å². The lowest BCUT2D eigenvalue weighted by Crippen LogP contribution is -2.22. The number of nitro groups is 1. The zero-order valence-corrected chi connectivity index (χ0v) is 12.8. The van der Waals surface area contributed by atoms with Gasteiger partial charge in [-0.2, -0.15) is 0 Å². The van der Waals surface area contributed by atoms with Gasteiger partial charge in [-0.25, -0.2) is 4.98 Å². The number of fused-ring (bicyclic) bond motifs is 1. The minimum Gasteiger partial charge on any atom is -0.454 e. The molecule has 2 N–H and O–H groups in total. The van der Waals surface area contributed by atoms with Crippen molar-refractivity contribution in [1.29, 1.82) is 0 Å². The fourth-order valence-corrected chi connectivity index (χ4v) is 2.26. The molecule has 0 aliphatic carbocycles. The number of hydrogen-bond donors (Lipinski definition) is 2. The topological polar surface area (TPSA) is 103 Å². The summed E-state index contributed by atoms with van der Waals surface area (Å²) < 4.78 is 12.5. The number of imidazole rings is 1. The Labute approximate surface area is 138 Å². The predicted molar refractivity (Wildman–Crippen MR) is 86.1 cm³/mol. The van der Waals surface area contributed by atoms with E-state index in [1.807, 2.05) is 10.8 Å². The highest BCUT2D eigenvalue weighted by molar-refractivity contribution is 5.57. The van der Waals surface area contributed by atoms with Crippen molar-refractivity contribution < 1.29 is 14.4 Å². The van der Waals surface area contributed by atoms with Gasteiger partial charge in [-0.3, -0.25) is 10.1 Å². The summed E-state index contributed by atoms with van der Waals surface area (Å²) in [6.45, 7) is 1.54. The molecule has 0 saturated carbocycles. The predicted octanol–water partition coefficient (Wildman–Crippen LogP) is 1.78. The quantitative estimate of drug-likeness (QED) is 0.432. The van der Waals surface area contributed by atoms with Gasteiger partial charge in [0.25, 0.3) is 6.20 Å². The maximum Gasteiger partial charge on any atom is 0.274 e. The number of nitrogens with zero attached hydrogens (tertiary/aromatic N) is 3. The summed E-state index contributed by atoms with van der Waals surface area (Å²) in [6, 6.07) is 5.27. The van der Waals surface area contributed by atoms with Crippen LogP contribution in [0.25, 0.3) is 0 Å². The van der Waals surface area contributed by atoms with Crippen molar-refractivity contribution in [1.82, 2.24) is 14.9 Å². The van der Waals surface area contributed by atoms with Gasteiger partial charge < -0.3 is 24.7 Å². The molecule has 1 aliphatic rings. The van der Waals surface area contributed by atoms with Crippen molar-refractivity contribution in [3.05, 3.63) is 59.1 Å². The van der Waals surface area contributed by atoms with Crippen molar-refractivity contribution in [2.24, 2.45) is 0 Å². The van der Waals surface area contributed by atoms with E-state index in [1.54, 1.807) is 30.7 Å². The molecule has 0 saturated heterocycles. The number of aromatic nitrogens is 2. The molecule has 0 amide bonds. The van der Waals surface area contributed by atoms with Crippen LogP contribution in [0, 0.1) is 10.1 Å². The molecule has 2 aromatic rings. The van der Waals surface area contributed by atoms with Gasteiger partial charge in [0.2, 0.25) is 6.79 Å². The highest BCUT2D eigenvalue weighted by Crippen LogP contribution is 2.34. The second kappa shape index (κ2) is 7.36. The van der Waals surface area contributed by atoms with Crippen molar-refractivity contribution in [3.63, 3.8) is 0 Å². The lowest BCUT2D eigenvalue weighted by Gasteiger charge is -2.12. The zero-order chi connectivity index (χ0) is 16.8. The van der Waals surface area contributed by atoms with Crippen LogP contribution in [-0.4, -0.2) is 27.8 Å². The molecule has 0 fully saturated rings. The molecule has 3 rings (SSSR count). The number of aryl methyl sites for hydroxylation is 1. The van der Waals surface area contributed by atoms with Gasteiger partial charge in [-0.05, 0) is 18.6 Å². The average molecular weight is 331 g/mol. The Hall–Kier alpha value is -3.23. The molecule has 126 valence electrons. The summed E-state index contributed by atoms with van der Waals surface area (Å²) in [5, 5.41) is 16.8. The van der Waals surface area contributed by atoms with Crippen molar-refractivity contribution in [2.75, 3.05) is 18.7 Å². The summed E-state index contributed by atoms with van der Waals surface area (Å²) >= 11 is 0. The first kappa shape index (κ1) is 15.7. The lowest BCUT2D eigenvalue weighted by atomic mass is 10.3. The molecule has 0 unspecified atom stereocenters. The summed E-state index contributed by atoms with van der Waals surface area (Å²) in [5.74, 6) is 1.58. The fraction of sp³-hybridized carbons (Fsp3) is 0.267. The molecule has 1 aromatic carbocycles. The van der Waals surface area contributed by atoms with E-state index in [9.17, 15) is 10.1 Å². The second-order valence-corrected chi connectivity index (χ2v) is 5.10. The monoisotopic (exact) mass is 331 g/mol. The minimum atomic E-state index is -0.502. The van der Waals surface area contributed by atoms with E-state index >= 15 is 0 Å². The van der Waals surface area contributed by atoms with E-state index in [0.29, 0.717) is 29.6 Å². The van der Waals surface area contributed by atoms with Crippen LogP contribution in [0.4, 0.5) is 5.69 Å². The SMILES string of the molecule is O=[N+]([O-])/C=C(\NCCCn1ccnc1)Nc1ccc2c(c1)OCO2. The zero-order valence-electron chi connectivity index (χ0n) is 12.8. The highest BCUT2D eigenvalue weighted by atomic mass is 16.7. The fourth-order valence-electron chi connectivity index (χ4n) is 2.26. The third kappa shape index (κ3) is 4.15. The van der Waals surface area contributed by atoms with Crippen molar-refractivity contribution in [3.8, 4) is 11.5 Å². The Kier molecular flexibility index (Phi) is 4.80. The molecular weight excluding hydrogens is 314 g/mol. The van der Waals surface area contributed by atoms with Crippen LogP contribution in [0.15, 0.2) is 48.9 Å². The first-order valence-corrected chi connectivity index (χ1v) is 7.42. The van der Waals surface area contributed by atoms with E-state index in [4.69, 9.17) is 9.47 Å². The largest absolute Gasteiger partial charge is 0.454 e. The van der Waals surface area contributed by atoms with Crippen LogP contribution in [0.5, 0.6) is 11.5 Å². The third-order valence-corrected chi connectivity index (χ3v) is 3.35. The third-order valence-electron chi connectivity index (χ3n) is 3.35. The van der Waals surface area contributed by atoms with Gasteiger partial charge in [-0.1, -0.05) is 0 Å². The summed E-state index contributed by atoms with van der Waals surface area (Å²) in [6.07, 6.45) is 7.03. The average Bonchev–Trinajstić information content (AvgIpc) is 3.21. The Morgan fingerprint density at radius 2 is 2.29 bits per heavy atom. The molecule has 2 heterocycles. The van der Waals surface area contributed by atoms with E-state index in [1.165, 1.54) is 0 Å². The van der Waals surface area contributed by atoms with E-state index in [2.05, 4.69) is 15.6 Å². The maximum absolute atomic E-state index is 10.8. The molecular formula is C15H17N5O4. The molecule has 0 atom stereocenters. The van der Waals surface area contributed by atoms with Crippen molar-refractivity contribution >= 4 is 5.69 Å². The molecule has 0 bridgehead atoms. The Morgan fingerprint density at radius 1 is 1.42 bits per heavy atom. The van der Waals surface area contributed by atoms with Gasteiger partial charge in [-0.15, -0.1) is 0 Å². The molecule has 24 heavy (non-hydrogen) atoms. The number of hydrogen-bond acceptors (Lipinski definition) is 7. The smallest absolute Gasteiger partial charge is 0.274 e. The maximum atomic E-state index is 10.8. The summed E-state index contributed by atoms with van der Waals surface area (Å²) in [5.41, 5.74) is 0.675. The van der Waals surface area contributed by atoms with Crippen LogP contribution < -0.4 is 20.1 Å². The number of nitrogens with one attached hydrogen (secondary N) is 2. The molecule has 1 aliphatic heterocycles. The van der Waals surface area contributed by atoms with Crippen LogP contribution in [0.3, 0.4) is 0 Å². The van der Waals surface area contributed by atoms with Crippen LogP contribution in [0.2, 0.25) is 0 Å². The number of ether oxygens (including phenoxy) is 2. The Balaban J connectivity index is 1.56. The number of anilines is 1. The molecule has 0 spiro atoms. The summed E-state index contributed by atoms with van der Waals surface area (Å²) in [4.78, 5) is 14.3. The van der Waals surface area contributed by atoms with Gasteiger partial charge >= 0.3 is 0 Å². The Bertz CT molecular complexity index is 729. The standard InChI is InChI=1S/C15H17N5O4/c21-20(22)9-15(17-4-1-6-19-7-5-16-10-19)18-12-2-3-13-14(8-12)24-11-23-13/h2-3,5,7-10,17-18H,1,4,6,11H2/b15-9+. The molecule has 9 nitrogen and oxygen atoms in total. The summed E-state index contributed by atoms with van der Waals surface area (Å²) in [7, 11) is 0. The Morgan fingerprint density at radius 3 is 3.08 bits per heavy atom. The van der Waals surface area contributed by atoms with Crippen LogP contribution >= 0.6 is 0 Å². The first-order valence-electron chi connectivity index (χ1n) is 7.42. The van der Waals surface area contributed by atoms with Gasteiger partial charge in [0.1, 0.15) is 0 Å². The lowest BCUT2D eigenvalue weighted by molar-refractivity contribution is -0.403.